The van der Waals surface area contributed by atoms with E-state index in [0.29, 0.717) is 10.4 Å². The molecule has 0 aliphatic carbocycles. The van der Waals surface area contributed by atoms with Gasteiger partial charge in [0.2, 0.25) is 5.13 Å². The van der Waals surface area contributed by atoms with Gasteiger partial charge < -0.3 is 10.0 Å². The van der Waals surface area contributed by atoms with Crippen LogP contribution in [-0.2, 0) is 4.79 Å². The van der Waals surface area contributed by atoms with Gasteiger partial charge in [-0.3, -0.25) is 4.79 Å². The molecule has 1 heterocycles. The monoisotopic (exact) mass is 275 g/mol. The summed E-state index contributed by atoms with van der Waals surface area (Å²) in [7, 11) is 0. The Morgan fingerprint density at radius 2 is 2.24 bits per heavy atom. The van der Waals surface area contributed by atoms with Crippen molar-refractivity contribution in [2.24, 2.45) is 0 Å². The molecule has 0 amide bonds. The van der Waals surface area contributed by atoms with Crippen LogP contribution >= 0.6 is 23.1 Å². The zero-order valence-electron chi connectivity index (χ0n) is 10.2. The second-order valence-corrected chi connectivity index (χ2v) is 6.00. The molecule has 17 heavy (non-hydrogen) atoms. The van der Waals surface area contributed by atoms with Gasteiger partial charge in [0.1, 0.15) is 0 Å². The molecule has 0 aliphatic heterocycles. The Balaban J connectivity index is 2.67. The predicted molar refractivity (Wildman–Crippen MR) is 71.0 cm³/mol. The van der Waals surface area contributed by atoms with Crippen LogP contribution in [-0.4, -0.2) is 39.6 Å². The van der Waals surface area contributed by atoms with Crippen molar-refractivity contribution >= 4 is 34.2 Å². The fourth-order valence-electron chi connectivity index (χ4n) is 1.32. The molecule has 1 aromatic rings. The number of hydrogen-bond donors (Lipinski definition) is 1. The first-order chi connectivity index (χ1) is 8.04. The Hall–Kier alpha value is -0.820. The number of carbonyl (C=O) groups is 1. The number of aliphatic carboxylic acids is 1. The summed E-state index contributed by atoms with van der Waals surface area (Å²) in [4.78, 5) is 12.6. The quantitative estimate of drug-likeness (QED) is 0.770. The first-order valence-electron chi connectivity index (χ1n) is 5.49. The third kappa shape index (κ3) is 4.51. The van der Waals surface area contributed by atoms with Gasteiger partial charge in [-0.1, -0.05) is 30.0 Å². The van der Waals surface area contributed by atoms with Crippen LogP contribution in [0.1, 0.15) is 27.2 Å². The average Bonchev–Trinajstić information content (AvgIpc) is 2.71. The fraction of sp³-hybridized carbons (Fsp3) is 0.700. The van der Waals surface area contributed by atoms with Crippen molar-refractivity contribution in [3.05, 3.63) is 0 Å². The third-order valence-corrected chi connectivity index (χ3v) is 4.13. The van der Waals surface area contributed by atoms with Crippen molar-refractivity contribution in [1.82, 2.24) is 10.2 Å². The van der Waals surface area contributed by atoms with E-state index in [2.05, 4.69) is 35.9 Å². The van der Waals surface area contributed by atoms with Crippen molar-refractivity contribution in [3.8, 4) is 0 Å². The molecule has 5 nitrogen and oxygen atoms in total. The minimum absolute atomic E-state index is 0.0318. The van der Waals surface area contributed by atoms with Gasteiger partial charge in [-0.2, -0.15) is 0 Å². The van der Waals surface area contributed by atoms with Crippen LogP contribution in [0.25, 0.3) is 0 Å². The maximum atomic E-state index is 10.4. The Morgan fingerprint density at radius 3 is 2.76 bits per heavy atom. The number of hydrogen-bond acceptors (Lipinski definition) is 6. The highest BCUT2D eigenvalue weighted by Gasteiger charge is 2.15. The van der Waals surface area contributed by atoms with E-state index in [1.54, 1.807) is 0 Å². The van der Waals surface area contributed by atoms with Crippen molar-refractivity contribution in [1.29, 1.82) is 0 Å². The molecular formula is C10H17N3O2S2. The normalized spacial score (nSPS) is 10.8. The fourth-order valence-corrected chi connectivity index (χ4v) is 3.04. The SMILES string of the molecule is CCCN(c1nnc(SCC(=O)O)s1)C(C)C. The first-order valence-corrected chi connectivity index (χ1v) is 7.29. The summed E-state index contributed by atoms with van der Waals surface area (Å²) in [6, 6.07) is 0.375. The molecule has 0 atom stereocenters. The van der Waals surface area contributed by atoms with Crippen LogP contribution in [0.4, 0.5) is 5.13 Å². The molecule has 1 N–H and O–H groups in total. The van der Waals surface area contributed by atoms with Crippen LogP contribution in [0.5, 0.6) is 0 Å². The van der Waals surface area contributed by atoms with Crippen molar-refractivity contribution in [3.63, 3.8) is 0 Å². The molecule has 0 spiro atoms. The summed E-state index contributed by atoms with van der Waals surface area (Å²) in [5, 5.41) is 17.6. The van der Waals surface area contributed by atoms with Gasteiger partial charge in [0.05, 0.1) is 5.75 Å². The molecule has 0 radical (unpaired) electrons. The lowest BCUT2D eigenvalue weighted by Crippen LogP contribution is -2.31. The second-order valence-electron chi connectivity index (χ2n) is 3.82. The molecule has 0 aliphatic rings. The molecule has 7 heteroatoms. The van der Waals surface area contributed by atoms with Crippen LogP contribution < -0.4 is 4.90 Å². The van der Waals surface area contributed by atoms with Crippen LogP contribution in [0, 0.1) is 0 Å². The standard InChI is InChI=1S/C10H17N3O2S2/c1-4-5-13(7(2)3)9-11-12-10(17-9)16-6-8(14)15/h7H,4-6H2,1-3H3,(H,14,15). The van der Waals surface area contributed by atoms with Crippen molar-refractivity contribution in [2.45, 2.75) is 37.6 Å². The van der Waals surface area contributed by atoms with Gasteiger partial charge >= 0.3 is 5.97 Å². The van der Waals surface area contributed by atoms with Crippen LogP contribution in [0.3, 0.4) is 0 Å². The largest absolute Gasteiger partial charge is 0.481 e. The van der Waals surface area contributed by atoms with E-state index in [0.717, 1.165) is 18.1 Å². The smallest absolute Gasteiger partial charge is 0.313 e. The highest BCUT2D eigenvalue weighted by molar-refractivity contribution is 8.01. The molecule has 96 valence electrons. The van der Waals surface area contributed by atoms with E-state index in [9.17, 15) is 4.79 Å². The molecule has 1 rings (SSSR count). The topological polar surface area (TPSA) is 66.3 Å². The van der Waals surface area contributed by atoms with Gasteiger partial charge in [-0.05, 0) is 20.3 Å². The second kappa shape index (κ2) is 6.80. The van der Waals surface area contributed by atoms with E-state index in [-0.39, 0.29) is 5.75 Å². The number of aromatic nitrogens is 2. The minimum atomic E-state index is -0.832. The number of nitrogens with zero attached hydrogens (tertiary/aromatic N) is 3. The van der Waals surface area contributed by atoms with Gasteiger partial charge in [0.15, 0.2) is 4.34 Å². The molecule has 0 unspecified atom stereocenters. The zero-order chi connectivity index (χ0) is 12.8. The average molecular weight is 275 g/mol. The maximum Gasteiger partial charge on any atom is 0.313 e. The molecule has 0 saturated heterocycles. The summed E-state index contributed by atoms with van der Waals surface area (Å²) in [6.07, 6.45) is 1.05. The summed E-state index contributed by atoms with van der Waals surface area (Å²) in [5.74, 6) is -0.801. The highest BCUT2D eigenvalue weighted by atomic mass is 32.2. The Morgan fingerprint density at radius 1 is 1.53 bits per heavy atom. The number of carboxylic acid groups (broad SMARTS) is 1. The molecular weight excluding hydrogens is 258 g/mol. The first kappa shape index (κ1) is 14.2. The number of anilines is 1. The lowest BCUT2D eigenvalue weighted by molar-refractivity contribution is -0.133. The van der Waals surface area contributed by atoms with E-state index in [1.807, 2.05) is 0 Å². The number of rotatable bonds is 7. The number of thioether (sulfide) groups is 1. The third-order valence-electron chi connectivity index (χ3n) is 2.05. The van der Waals surface area contributed by atoms with Crippen LogP contribution in [0.15, 0.2) is 4.34 Å². The van der Waals surface area contributed by atoms with Crippen LogP contribution in [0.2, 0.25) is 0 Å². The number of carboxylic acids is 1. The van der Waals surface area contributed by atoms with Crippen molar-refractivity contribution in [2.75, 3.05) is 17.2 Å². The van der Waals surface area contributed by atoms with Gasteiger partial charge in [-0.15, -0.1) is 10.2 Å². The Labute approximate surface area is 109 Å². The Bertz CT molecular complexity index is 368. The van der Waals surface area contributed by atoms with Crippen molar-refractivity contribution < 1.29 is 9.90 Å². The molecule has 1 aromatic heterocycles. The molecule has 0 saturated carbocycles. The lowest BCUT2D eigenvalue weighted by atomic mass is 10.3. The minimum Gasteiger partial charge on any atom is -0.481 e. The maximum absolute atomic E-state index is 10.4. The Kier molecular flexibility index (Phi) is 5.70. The summed E-state index contributed by atoms with van der Waals surface area (Å²) in [5.41, 5.74) is 0. The van der Waals surface area contributed by atoms with Gasteiger partial charge in [0, 0.05) is 12.6 Å². The molecule has 0 bridgehead atoms. The zero-order valence-corrected chi connectivity index (χ0v) is 11.8. The summed E-state index contributed by atoms with van der Waals surface area (Å²) >= 11 is 2.67. The van der Waals surface area contributed by atoms with E-state index >= 15 is 0 Å². The van der Waals surface area contributed by atoms with E-state index < -0.39 is 5.97 Å². The van der Waals surface area contributed by atoms with E-state index in [1.165, 1.54) is 23.1 Å². The molecule has 0 aromatic carbocycles. The van der Waals surface area contributed by atoms with E-state index in [4.69, 9.17) is 5.11 Å². The summed E-state index contributed by atoms with van der Waals surface area (Å²) in [6.45, 7) is 7.29. The highest BCUT2D eigenvalue weighted by Crippen LogP contribution is 2.28. The van der Waals surface area contributed by atoms with Gasteiger partial charge in [-0.25, -0.2) is 0 Å². The summed E-state index contributed by atoms with van der Waals surface area (Å²) < 4.78 is 0.712. The lowest BCUT2D eigenvalue weighted by Gasteiger charge is -2.24. The molecule has 0 fully saturated rings. The van der Waals surface area contributed by atoms with Gasteiger partial charge in [0.25, 0.3) is 0 Å². The predicted octanol–water partition coefficient (Wildman–Crippen LogP) is 2.34.